The van der Waals surface area contributed by atoms with Crippen LogP contribution in [-0.2, 0) is 20.8 Å². The van der Waals surface area contributed by atoms with Crippen molar-refractivity contribution in [2.24, 2.45) is 5.90 Å². The third kappa shape index (κ3) is 8.57. The first-order chi connectivity index (χ1) is 20.6. The van der Waals surface area contributed by atoms with Crippen molar-refractivity contribution in [3.05, 3.63) is 78.1 Å². The number of nitrogens with two attached hydrogens (primary N) is 1. The van der Waals surface area contributed by atoms with Crippen molar-refractivity contribution in [3.8, 4) is 11.3 Å². The van der Waals surface area contributed by atoms with Crippen molar-refractivity contribution in [1.82, 2.24) is 24.8 Å². The SMILES string of the molecule is COC(=O)CCOCCN1CCN(Cc2ccc(-c3cc4c(N[C@H](C)c5ccccc5)ncnc4[nH]3)cc2)CC1.NO. The van der Waals surface area contributed by atoms with Gasteiger partial charge in [-0.25, -0.2) is 15.9 Å². The van der Waals surface area contributed by atoms with E-state index in [0.29, 0.717) is 19.6 Å². The van der Waals surface area contributed by atoms with Gasteiger partial charge in [-0.15, -0.1) is 0 Å². The van der Waals surface area contributed by atoms with Crippen LogP contribution in [0.1, 0.15) is 30.5 Å². The highest BCUT2D eigenvalue weighted by Gasteiger charge is 2.17. The van der Waals surface area contributed by atoms with Gasteiger partial charge in [-0.3, -0.25) is 14.6 Å². The molecule has 1 atom stereocenters. The van der Waals surface area contributed by atoms with Crippen LogP contribution in [0.5, 0.6) is 0 Å². The van der Waals surface area contributed by atoms with E-state index in [4.69, 9.17) is 9.94 Å². The van der Waals surface area contributed by atoms with Crippen molar-refractivity contribution in [3.63, 3.8) is 0 Å². The number of methoxy groups -OCH3 is 1. The van der Waals surface area contributed by atoms with Gasteiger partial charge in [-0.2, -0.15) is 0 Å². The Bertz CT molecular complexity index is 1370. The topological polar surface area (TPSA) is 142 Å². The van der Waals surface area contributed by atoms with Crippen LogP contribution in [0.25, 0.3) is 22.3 Å². The van der Waals surface area contributed by atoms with Gasteiger partial charge in [0, 0.05) is 51.0 Å². The summed E-state index contributed by atoms with van der Waals surface area (Å²) >= 11 is 0. The van der Waals surface area contributed by atoms with Gasteiger partial charge in [-0.1, -0.05) is 54.6 Å². The Morgan fingerprint density at radius 2 is 1.74 bits per heavy atom. The molecule has 0 unspecified atom stereocenters. The standard InChI is InChI=1S/C31H38N6O3.H3NO/c1-23(25-6-4-3-5-7-25)34-30-27-20-28(35-31(27)33-22-32-30)26-10-8-24(9-11-26)21-37-15-13-36(14-16-37)17-19-40-18-12-29(38)39-2;1-2/h3-11,20,22-23H,12-19,21H2,1-2H3,(H2,32,33,34,35);2H,1H2/t23-;/m1./s1. The van der Waals surface area contributed by atoms with E-state index in [2.05, 4.69) is 102 Å². The number of piperazine rings is 1. The molecular weight excluding hydrogens is 534 g/mol. The molecular formula is C31H41N7O4. The number of fused-ring (bicyclic) bond motifs is 1. The second-order valence-electron chi connectivity index (χ2n) is 10.2. The largest absolute Gasteiger partial charge is 0.469 e. The fraction of sp³-hybridized carbons (Fsp3) is 0.387. The highest BCUT2D eigenvalue weighted by Crippen LogP contribution is 2.29. The van der Waals surface area contributed by atoms with Crippen LogP contribution in [0.3, 0.4) is 0 Å². The van der Waals surface area contributed by atoms with Gasteiger partial charge in [-0.05, 0) is 29.7 Å². The number of anilines is 1. The summed E-state index contributed by atoms with van der Waals surface area (Å²) in [6.07, 6.45) is 1.91. The van der Waals surface area contributed by atoms with E-state index < -0.39 is 0 Å². The van der Waals surface area contributed by atoms with E-state index in [1.807, 2.05) is 6.07 Å². The second kappa shape index (κ2) is 15.9. The maximum atomic E-state index is 11.1. The lowest BCUT2D eigenvalue weighted by Gasteiger charge is -2.34. The number of carbonyl (C=O) groups is 1. The number of aromatic amines is 1. The van der Waals surface area contributed by atoms with Crippen molar-refractivity contribution in [2.75, 3.05) is 58.4 Å². The van der Waals surface area contributed by atoms with Crippen LogP contribution in [0.2, 0.25) is 0 Å². The van der Waals surface area contributed by atoms with E-state index in [1.54, 1.807) is 6.33 Å². The van der Waals surface area contributed by atoms with Crippen LogP contribution >= 0.6 is 0 Å². The Kier molecular flexibility index (Phi) is 11.8. The van der Waals surface area contributed by atoms with E-state index in [-0.39, 0.29) is 12.0 Å². The van der Waals surface area contributed by atoms with Crippen LogP contribution in [0, 0.1) is 0 Å². The third-order valence-corrected chi connectivity index (χ3v) is 7.44. The lowest BCUT2D eigenvalue weighted by molar-refractivity contribution is -0.141. The molecule has 2 aromatic heterocycles. The maximum absolute atomic E-state index is 11.1. The molecule has 3 heterocycles. The van der Waals surface area contributed by atoms with E-state index in [1.165, 1.54) is 18.2 Å². The van der Waals surface area contributed by atoms with Crippen LogP contribution in [0.4, 0.5) is 5.82 Å². The summed E-state index contributed by atoms with van der Waals surface area (Å²) in [6, 6.07) is 21.4. The van der Waals surface area contributed by atoms with Crippen molar-refractivity contribution >= 4 is 22.8 Å². The molecule has 0 amide bonds. The van der Waals surface area contributed by atoms with Gasteiger partial charge in [0.05, 0.1) is 32.1 Å². The van der Waals surface area contributed by atoms with Gasteiger partial charge in [0.2, 0.25) is 0 Å². The number of H-pyrrole nitrogens is 1. The fourth-order valence-electron chi connectivity index (χ4n) is 5.01. The van der Waals surface area contributed by atoms with Crippen molar-refractivity contribution < 1.29 is 19.5 Å². The Labute approximate surface area is 246 Å². The Hall–Kier alpha value is -3.87. The number of rotatable bonds is 12. The smallest absolute Gasteiger partial charge is 0.307 e. The minimum atomic E-state index is -0.229. The molecule has 0 bridgehead atoms. The summed E-state index contributed by atoms with van der Waals surface area (Å²) < 4.78 is 10.2. The molecule has 11 nitrogen and oxygen atoms in total. The van der Waals surface area contributed by atoms with Gasteiger partial charge in [0.25, 0.3) is 0 Å². The molecule has 0 aliphatic carbocycles. The van der Waals surface area contributed by atoms with Gasteiger partial charge < -0.3 is 25.0 Å². The molecule has 5 rings (SSSR count). The fourth-order valence-corrected chi connectivity index (χ4v) is 5.01. The minimum absolute atomic E-state index is 0.130. The Morgan fingerprint density at radius 3 is 2.45 bits per heavy atom. The van der Waals surface area contributed by atoms with E-state index in [0.717, 1.165) is 67.4 Å². The van der Waals surface area contributed by atoms with Crippen LogP contribution in [-0.4, -0.2) is 89.0 Å². The minimum Gasteiger partial charge on any atom is -0.469 e. The molecule has 4 aromatic rings. The number of esters is 1. The normalized spacial score (nSPS) is 14.7. The summed E-state index contributed by atoms with van der Waals surface area (Å²) in [6.45, 7) is 9.13. The zero-order valence-corrected chi connectivity index (χ0v) is 24.3. The molecule has 5 N–H and O–H groups in total. The predicted molar refractivity (Wildman–Crippen MR) is 163 cm³/mol. The van der Waals surface area contributed by atoms with Crippen molar-refractivity contribution in [2.45, 2.75) is 25.9 Å². The lowest BCUT2D eigenvalue weighted by Crippen LogP contribution is -2.46. The number of nitrogens with zero attached hydrogens (tertiary/aromatic N) is 4. The van der Waals surface area contributed by atoms with Gasteiger partial charge >= 0.3 is 5.97 Å². The third-order valence-electron chi connectivity index (χ3n) is 7.44. The maximum Gasteiger partial charge on any atom is 0.307 e. The molecule has 2 aromatic carbocycles. The second-order valence-corrected chi connectivity index (χ2v) is 10.2. The highest BCUT2D eigenvalue weighted by atomic mass is 16.5. The lowest BCUT2D eigenvalue weighted by atomic mass is 10.1. The number of hydrogen-bond acceptors (Lipinski definition) is 10. The quantitative estimate of drug-likeness (QED) is 0.112. The molecule has 1 aliphatic rings. The summed E-state index contributed by atoms with van der Waals surface area (Å²) in [5, 5.41) is 11.0. The molecule has 1 fully saturated rings. The zero-order valence-electron chi connectivity index (χ0n) is 24.3. The molecule has 11 heteroatoms. The Balaban J connectivity index is 0.00000198. The number of hydrogen-bond donors (Lipinski definition) is 4. The highest BCUT2D eigenvalue weighted by molar-refractivity contribution is 5.91. The van der Waals surface area contributed by atoms with Gasteiger partial charge in [0.1, 0.15) is 17.8 Å². The summed E-state index contributed by atoms with van der Waals surface area (Å²) in [7, 11) is 1.40. The van der Waals surface area contributed by atoms with E-state index in [9.17, 15) is 4.79 Å². The Morgan fingerprint density at radius 1 is 1.02 bits per heavy atom. The molecule has 42 heavy (non-hydrogen) atoms. The first-order valence-electron chi connectivity index (χ1n) is 14.2. The number of carbonyl (C=O) groups excluding carboxylic acids is 1. The number of benzene rings is 2. The molecule has 0 saturated carbocycles. The monoisotopic (exact) mass is 575 g/mol. The zero-order chi connectivity index (χ0) is 29.7. The summed E-state index contributed by atoms with van der Waals surface area (Å²) in [4.78, 5) is 28.5. The van der Waals surface area contributed by atoms with Crippen molar-refractivity contribution in [1.29, 1.82) is 0 Å². The average Bonchev–Trinajstić information content (AvgIpc) is 3.49. The average molecular weight is 576 g/mol. The summed E-state index contributed by atoms with van der Waals surface area (Å²) in [5.41, 5.74) is 5.49. The van der Waals surface area contributed by atoms with E-state index >= 15 is 0 Å². The number of ether oxygens (including phenoxy) is 2. The molecule has 0 radical (unpaired) electrons. The number of nitrogens with one attached hydrogen (secondary N) is 2. The molecule has 0 spiro atoms. The molecule has 1 saturated heterocycles. The predicted octanol–water partition coefficient (Wildman–Crippen LogP) is 3.83. The molecule has 224 valence electrons. The first kappa shape index (κ1) is 31.1. The first-order valence-corrected chi connectivity index (χ1v) is 14.2. The van der Waals surface area contributed by atoms with Crippen LogP contribution < -0.4 is 11.2 Å². The summed E-state index contributed by atoms with van der Waals surface area (Å²) in [5.74, 6) is 4.10. The molecule has 1 aliphatic heterocycles. The number of aromatic nitrogens is 3. The van der Waals surface area contributed by atoms with Gasteiger partial charge in [0.15, 0.2) is 0 Å². The van der Waals surface area contributed by atoms with Crippen LogP contribution in [0.15, 0.2) is 67.0 Å².